The van der Waals surface area contributed by atoms with Crippen molar-refractivity contribution in [1.29, 1.82) is 0 Å². The molecule has 32 heavy (non-hydrogen) atoms. The van der Waals surface area contributed by atoms with Gasteiger partial charge in [-0.15, -0.1) is 0 Å². The molecule has 1 N–H and O–H groups in total. The molecule has 10 heteroatoms. The van der Waals surface area contributed by atoms with Gasteiger partial charge in [-0.25, -0.2) is 9.59 Å². The van der Waals surface area contributed by atoms with E-state index in [1.54, 1.807) is 9.58 Å². The highest BCUT2D eigenvalue weighted by molar-refractivity contribution is 6.09. The molecular weight excluding hydrogens is 412 g/mol. The summed E-state index contributed by atoms with van der Waals surface area (Å²) in [5.74, 6) is 0.299. The highest BCUT2D eigenvalue weighted by atomic mass is 16.6. The zero-order valence-corrected chi connectivity index (χ0v) is 18.8. The van der Waals surface area contributed by atoms with Gasteiger partial charge in [0.2, 0.25) is 5.91 Å². The summed E-state index contributed by atoms with van der Waals surface area (Å²) in [5, 5.41) is 7.76. The lowest BCUT2D eigenvalue weighted by Crippen LogP contribution is -2.73. The van der Waals surface area contributed by atoms with Gasteiger partial charge >= 0.3 is 12.1 Å². The fourth-order valence-electron chi connectivity index (χ4n) is 4.75. The highest BCUT2D eigenvalue weighted by Gasteiger charge is 2.54. The number of carbonyl (C=O) groups is 3. The number of hydrogen-bond donors (Lipinski definition) is 1. The Labute approximate surface area is 186 Å². The number of nitrogens with zero attached hydrogens (tertiary/aromatic N) is 5. The third-order valence-corrected chi connectivity index (χ3v) is 6.25. The number of imide groups is 1. The maximum Gasteiger partial charge on any atom is 0.410 e. The molecule has 170 valence electrons. The summed E-state index contributed by atoms with van der Waals surface area (Å²) >= 11 is 0. The van der Waals surface area contributed by atoms with Gasteiger partial charge in [0.1, 0.15) is 5.60 Å². The number of urea groups is 1. The molecule has 3 aliphatic heterocycles. The van der Waals surface area contributed by atoms with Crippen LogP contribution in [0.4, 0.5) is 21.1 Å². The van der Waals surface area contributed by atoms with Crippen molar-refractivity contribution < 1.29 is 19.1 Å². The Hall–Kier alpha value is -3.30. The maximum absolute atomic E-state index is 12.3. The van der Waals surface area contributed by atoms with Crippen LogP contribution in [-0.4, -0.2) is 71.0 Å². The number of ether oxygens (including phenoxy) is 1. The van der Waals surface area contributed by atoms with Crippen LogP contribution in [-0.2, 0) is 16.6 Å². The molecule has 0 atom stereocenters. The Bertz CT molecular complexity index is 1120. The van der Waals surface area contributed by atoms with Crippen LogP contribution in [0.5, 0.6) is 0 Å². The minimum absolute atomic E-state index is 0.141. The number of anilines is 2. The molecule has 1 spiro atoms. The van der Waals surface area contributed by atoms with E-state index in [4.69, 9.17) is 4.74 Å². The summed E-state index contributed by atoms with van der Waals surface area (Å²) in [6.45, 7) is 9.17. The van der Waals surface area contributed by atoms with E-state index in [1.165, 1.54) is 4.90 Å². The number of benzene rings is 1. The number of likely N-dealkylation sites (tertiary alicyclic amines) is 1. The van der Waals surface area contributed by atoms with Gasteiger partial charge in [-0.1, -0.05) is 0 Å². The smallest absolute Gasteiger partial charge is 0.410 e. The Morgan fingerprint density at radius 2 is 1.88 bits per heavy atom. The number of nitrogens with one attached hydrogen (secondary N) is 1. The van der Waals surface area contributed by atoms with Crippen molar-refractivity contribution in [3.05, 3.63) is 18.2 Å². The van der Waals surface area contributed by atoms with Crippen molar-refractivity contribution in [3.8, 4) is 0 Å². The molecular formula is C22H28N6O4. The van der Waals surface area contributed by atoms with Crippen LogP contribution in [0.1, 0.15) is 27.2 Å². The second kappa shape index (κ2) is 6.85. The van der Waals surface area contributed by atoms with Gasteiger partial charge in [0.25, 0.3) is 0 Å². The molecule has 2 aromatic rings. The molecule has 0 saturated carbocycles. The molecule has 3 fully saturated rings. The lowest BCUT2D eigenvalue weighted by atomic mass is 9.73. The number of rotatable bonds is 2. The quantitative estimate of drug-likeness (QED) is 0.768. The topological polar surface area (TPSA) is 100 Å². The molecule has 0 unspecified atom stereocenters. The molecule has 3 saturated heterocycles. The van der Waals surface area contributed by atoms with Gasteiger partial charge in [0.15, 0.2) is 5.82 Å². The summed E-state index contributed by atoms with van der Waals surface area (Å²) in [5.41, 5.74) is 1.67. The number of carbonyl (C=O) groups excluding carboxylic acids is 3. The lowest BCUT2D eigenvalue weighted by Gasteiger charge is -2.60. The van der Waals surface area contributed by atoms with E-state index in [2.05, 4.69) is 21.4 Å². The minimum atomic E-state index is -0.479. The number of hydrogen-bond acceptors (Lipinski definition) is 6. The molecule has 10 nitrogen and oxygen atoms in total. The second-order valence-electron chi connectivity index (χ2n) is 10.1. The predicted molar refractivity (Wildman–Crippen MR) is 119 cm³/mol. The largest absolute Gasteiger partial charge is 0.444 e. The standard InChI is InChI=1S/C22H28N6O4/c1-21(2,3)32-20(31)27-12-22(13-27)10-26(11-22)14-5-6-15-16(9-14)25(4)24-18(15)28-8-7-17(29)23-19(28)30/h5-6,9H,7-8,10-13H2,1-4H3,(H,23,29,30). The number of fused-ring (bicyclic) bond motifs is 1. The van der Waals surface area contributed by atoms with Gasteiger partial charge in [0, 0.05) is 62.7 Å². The van der Waals surface area contributed by atoms with Gasteiger partial charge in [-0.2, -0.15) is 5.10 Å². The molecule has 0 aliphatic carbocycles. The zero-order chi connectivity index (χ0) is 22.8. The van der Waals surface area contributed by atoms with E-state index in [-0.39, 0.29) is 23.8 Å². The Kier molecular flexibility index (Phi) is 4.41. The molecule has 1 aromatic heterocycles. The van der Waals surface area contributed by atoms with E-state index < -0.39 is 11.6 Å². The van der Waals surface area contributed by atoms with Crippen molar-refractivity contribution in [2.45, 2.75) is 32.8 Å². The first-order valence-electron chi connectivity index (χ1n) is 10.8. The zero-order valence-electron chi connectivity index (χ0n) is 18.8. The first kappa shape index (κ1) is 20.6. The molecule has 4 amide bonds. The Morgan fingerprint density at radius 3 is 2.53 bits per heavy atom. The van der Waals surface area contributed by atoms with Crippen LogP contribution in [0.2, 0.25) is 0 Å². The van der Waals surface area contributed by atoms with Gasteiger partial charge in [0.05, 0.1) is 5.52 Å². The van der Waals surface area contributed by atoms with E-state index in [9.17, 15) is 14.4 Å². The van der Waals surface area contributed by atoms with Crippen molar-refractivity contribution in [1.82, 2.24) is 20.0 Å². The molecule has 0 bridgehead atoms. The summed E-state index contributed by atoms with van der Waals surface area (Å²) in [6.07, 6.45) is 0.0202. The SMILES string of the molecule is Cn1nc(N2CCC(=O)NC2=O)c2ccc(N3CC4(CN(C(=O)OC(C)(C)C)C4)C3)cc21. The first-order valence-corrected chi connectivity index (χ1v) is 10.8. The lowest BCUT2D eigenvalue weighted by molar-refractivity contribution is -0.120. The van der Waals surface area contributed by atoms with Crippen molar-refractivity contribution >= 4 is 40.4 Å². The maximum atomic E-state index is 12.3. The van der Waals surface area contributed by atoms with Crippen LogP contribution in [0.15, 0.2) is 18.2 Å². The van der Waals surface area contributed by atoms with Gasteiger partial charge in [-0.05, 0) is 39.0 Å². The highest BCUT2D eigenvalue weighted by Crippen LogP contribution is 2.43. The van der Waals surface area contributed by atoms with E-state index >= 15 is 0 Å². The number of aromatic nitrogens is 2. The monoisotopic (exact) mass is 440 g/mol. The van der Waals surface area contributed by atoms with E-state index in [0.717, 1.165) is 42.8 Å². The fraction of sp³-hybridized carbons (Fsp3) is 0.545. The molecule has 1 aromatic carbocycles. The minimum Gasteiger partial charge on any atom is -0.444 e. The average Bonchev–Trinajstić information content (AvgIpc) is 2.94. The number of aryl methyl sites for hydroxylation is 1. The van der Waals surface area contributed by atoms with Gasteiger partial charge in [-0.3, -0.25) is 19.7 Å². The van der Waals surface area contributed by atoms with Crippen LogP contribution >= 0.6 is 0 Å². The third-order valence-electron chi connectivity index (χ3n) is 6.25. The van der Waals surface area contributed by atoms with Crippen molar-refractivity contribution in [2.24, 2.45) is 12.5 Å². The summed E-state index contributed by atoms with van der Waals surface area (Å²) in [4.78, 5) is 41.5. The summed E-state index contributed by atoms with van der Waals surface area (Å²) in [6, 6.07) is 5.66. The summed E-state index contributed by atoms with van der Waals surface area (Å²) in [7, 11) is 1.85. The molecule has 0 radical (unpaired) electrons. The van der Waals surface area contributed by atoms with E-state index in [0.29, 0.717) is 12.4 Å². The Morgan fingerprint density at radius 1 is 1.16 bits per heavy atom. The first-order chi connectivity index (χ1) is 15.0. The molecule has 5 rings (SSSR count). The Balaban J connectivity index is 1.27. The average molecular weight is 441 g/mol. The molecule has 4 heterocycles. The summed E-state index contributed by atoms with van der Waals surface area (Å²) < 4.78 is 7.22. The normalized spacial score (nSPS) is 20.3. The fourth-order valence-corrected chi connectivity index (χ4v) is 4.75. The van der Waals surface area contributed by atoms with Crippen LogP contribution in [0.3, 0.4) is 0 Å². The van der Waals surface area contributed by atoms with Crippen LogP contribution in [0.25, 0.3) is 10.9 Å². The van der Waals surface area contributed by atoms with Crippen molar-refractivity contribution in [3.63, 3.8) is 0 Å². The predicted octanol–water partition coefficient (Wildman–Crippen LogP) is 2.08. The van der Waals surface area contributed by atoms with Crippen molar-refractivity contribution in [2.75, 3.05) is 42.5 Å². The van der Waals surface area contributed by atoms with Gasteiger partial charge < -0.3 is 14.5 Å². The van der Waals surface area contributed by atoms with Crippen LogP contribution in [0, 0.1) is 5.41 Å². The number of amides is 4. The molecule has 3 aliphatic rings. The van der Waals surface area contributed by atoms with Crippen LogP contribution < -0.4 is 15.1 Å². The third kappa shape index (κ3) is 3.43. The van der Waals surface area contributed by atoms with E-state index in [1.807, 2.05) is 40.0 Å². The second-order valence-corrected chi connectivity index (χ2v) is 10.1.